The number of rotatable bonds is 14. The van der Waals surface area contributed by atoms with E-state index in [1.54, 1.807) is 35.2 Å². The first kappa shape index (κ1) is 39.7. The average Bonchev–Trinajstić information content (AvgIpc) is 3.72. The Kier molecular flexibility index (Phi) is 12.1. The molecular formula is C39H39ClF3N7O7. The highest BCUT2D eigenvalue weighted by molar-refractivity contribution is 6.31. The van der Waals surface area contributed by atoms with Gasteiger partial charge in [0.25, 0.3) is 18.2 Å². The fraction of sp³-hybridized carbons (Fsp3) is 0.385. The third kappa shape index (κ3) is 8.74. The van der Waals surface area contributed by atoms with Gasteiger partial charge in [-0.3, -0.25) is 39.2 Å². The number of fused-ring (bicyclic) bond motifs is 3. The molecule has 0 radical (unpaired) electrons. The van der Waals surface area contributed by atoms with Gasteiger partial charge in [0.05, 0.1) is 73.6 Å². The van der Waals surface area contributed by atoms with Gasteiger partial charge >= 0.3 is 0 Å². The Labute approximate surface area is 330 Å². The number of amidine groups is 1. The molecule has 4 aliphatic heterocycles. The fourth-order valence-corrected chi connectivity index (χ4v) is 7.53. The minimum Gasteiger partial charge on any atom is -0.382 e. The summed E-state index contributed by atoms with van der Waals surface area (Å²) in [6.45, 7) is 1.36. The molecule has 0 saturated carbocycles. The lowest BCUT2D eigenvalue weighted by Gasteiger charge is -2.27. The number of halogens is 4. The van der Waals surface area contributed by atoms with Crippen molar-refractivity contribution < 1.29 is 46.6 Å². The first-order chi connectivity index (χ1) is 27.5. The topological polar surface area (TPSA) is 162 Å². The van der Waals surface area contributed by atoms with E-state index < -0.39 is 48.5 Å². The van der Waals surface area contributed by atoms with Crippen molar-refractivity contribution in [2.24, 2.45) is 4.99 Å². The Balaban J connectivity index is 0.851. The van der Waals surface area contributed by atoms with Crippen molar-refractivity contribution in [3.63, 3.8) is 0 Å². The molecule has 5 amide bonds. The lowest BCUT2D eigenvalue weighted by atomic mass is 10.0. The van der Waals surface area contributed by atoms with Crippen LogP contribution >= 0.6 is 11.6 Å². The molecule has 14 nitrogen and oxygen atoms in total. The highest BCUT2D eigenvalue weighted by Crippen LogP contribution is 2.40. The number of aliphatic imine (C=N–C) groups is 1. The molecule has 2 atom stereocenters. The van der Waals surface area contributed by atoms with E-state index in [1.165, 1.54) is 29.2 Å². The van der Waals surface area contributed by atoms with Crippen molar-refractivity contribution >= 4 is 69.7 Å². The zero-order valence-corrected chi connectivity index (χ0v) is 31.3. The number of piperidine rings is 1. The van der Waals surface area contributed by atoms with Crippen molar-refractivity contribution in [2.45, 2.75) is 44.2 Å². The molecule has 2 saturated heterocycles. The van der Waals surface area contributed by atoms with Crippen LogP contribution in [0, 0.1) is 5.82 Å². The van der Waals surface area contributed by atoms with Gasteiger partial charge in [-0.25, -0.2) is 13.2 Å². The molecule has 0 aromatic heterocycles. The predicted octanol–water partition coefficient (Wildman–Crippen LogP) is 4.59. The lowest BCUT2D eigenvalue weighted by Crippen LogP contribution is -2.54. The summed E-state index contributed by atoms with van der Waals surface area (Å²) in [4.78, 5) is 72.1. The summed E-state index contributed by atoms with van der Waals surface area (Å²) in [6.07, 6.45) is -1.88. The molecule has 0 aliphatic carbocycles. The first-order valence-corrected chi connectivity index (χ1v) is 18.9. The summed E-state index contributed by atoms with van der Waals surface area (Å²) in [5.41, 5.74) is 2.32. The Morgan fingerprint density at radius 3 is 2.51 bits per heavy atom. The van der Waals surface area contributed by atoms with E-state index in [0.717, 1.165) is 4.90 Å². The third-order valence-electron chi connectivity index (χ3n) is 10.0. The summed E-state index contributed by atoms with van der Waals surface area (Å²) < 4.78 is 53.0. The molecule has 1 unspecified atom stereocenters. The summed E-state index contributed by atoms with van der Waals surface area (Å²) in [5, 5.41) is 8.80. The van der Waals surface area contributed by atoms with Crippen molar-refractivity contribution in [3.05, 3.63) is 82.1 Å². The molecule has 18 heteroatoms. The zero-order chi connectivity index (χ0) is 40.2. The van der Waals surface area contributed by atoms with E-state index in [0.29, 0.717) is 59.5 Å². The molecule has 3 N–H and O–H groups in total. The van der Waals surface area contributed by atoms with Crippen LogP contribution in [0.4, 0.5) is 35.9 Å². The number of amides is 5. The Bertz CT molecular complexity index is 2120. The van der Waals surface area contributed by atoms with Crippen molar-refractivity contribution in [1.29, 1.82) is 0 Å². The first-order valence-electron chi connectivity index (χ1n) is 18.5. The van der Waals surface area contributed by atoms with Crippen LogP contribution in [0.25, 0.3) is 0 Å². The van der Waals surface area contributed by atoms with E-state index in [1.807, 2.05) is 0 Å². The van der Waals surface area contributed by atoms with Gasteiger partial charge in [0.15, 0.2) is 0 Å². The van der Waals surface area contributed by atoms with Gasteiger partial charge in [-0.15, -0.1) is 0 Å². The molecular weight excluding hydrogens is 771 g/mol. The van der Waals surface area contributed by atoms with Crippen LogP contribution in [0.5, 0.6) is 0 Å². The number of nitrogens with zero attached hydrogens (tertiary/aromatic N) is 4. The smallest absolute Gasteiger partial charge is 0.264 e. The van der Waals surface area contributed by atoms with Gasteiger partial charge in [0, 0.05) is 42.3 Å². The summed E-state index contributed by atoms with van der Waals surface area (Å²) in [7, 11) is 0. The number of anilines is 4. The van der Waals surface area contributed by atoms with Crippen molar-refractivity contribution in [3.8, 4) is 0 Å². The maximum Gasteiger partial charge on any atom is 0.264 e. The van der Waals surface area contributed by atoms with Gasteiger partial charge in [0.2, 0.25) is 17.7 Å². The van der Waals surface area contributed by atoms with Crippen LogP contribution in [0.15, 0.2) is 59.6 Å². The lowest BCUT2D eigenvalue weighted by molar-refractivity contribution is -0.136. The predicted molar refractivity (Wildman–Crippen MR) is 204 cm³/mol. The summed E-state index contributed by atoms with van der Waals surface area (Å²) in [6, 6.07) is 12.2. The van der Waals surface area contributed by atoms with Crippen molar-refractivity contribution in [2.75, 3.05) is 68.1 Å². The largest absolute Gasteiger partial charge is 0.382 e. The number of imide groups is 2. The van der Waals surface area contributed by atoms with E-state index in [2.05, 4.69) is 16.0 Å². The second-order valence-corrected chi connectivity index (χ2v) is 14.2. The number of carbonyl (C=O) groups is 5. The van der Waals surface area contributed by atoms with Gasteiger partial charge in [0.1, 0.15) is 17.7 Å². The number of nitrogens with one attached hydrogen (secondary N) is 3. The highest BCUT2D eigenvalue weighted by atomic mass is 35.5. The van der Waals surface area contributed by atoms with Gasteiger partial charge in [-0.1, -0.05) is 17.7 Å². The quantitative estimate of drug-likeness (QED) is 0.155. The maximum absolute atomic E-state index is 14.3. The van der Waals surface area contributed by atoms with Crippen LogP contribution in [-0.4, -0.2) is 116 Å². The van der Waals surface area contributed by atoms with Crippen LogP contribution < -0.4 is 20.9 Å². The normalized spacial score (nSPS) is 19.7. The Hall–Kier alpha value is -5.52. The molecule has 0 spiro atoms. The summed E-state index contributed by atoms with van der Waals surface area (Å²) in [5.74, 6) is -2.64. The van der Waals surface area contributed by atoms with E-state index in [4.69, 9.17) is 26.1 Å². The molecule has 4 heterocycles. The fourth-order valence-electron chi connectivity index (χ4n) is 7.35. The Morgan fingerprint density at radius 2 is 1.72 bits per heavy atom. The van der Waals surface area contributed by atoms with Crippen LogP contribution in [-0.2, 0) is 23.9 Å². The minimum absolute atomic E-state index is 0.0327. The number of likely N-dealkylation sites (tertiary alicyclic amines) is 1. The van der Waals surface area contributed by atoms with E-state index in [9.17, 15) is 37.1 Å². The minimum atomic E-state index is -2.67. The molecule has 4 aliphatic rings. The molecule has 7 rings (SSSR count). The zero-order valence-electron chi connectivity index (χ0n) is 30.6. The number of alkyl halides is 2. The summed E-state index contributed by atoms with van der Waals surface area (Å²) >= 11 is 6.33. The van der Waals surface area contributed by atoms with Crippen LogP contribution in [0.2, 0.25) is 5.02 Å². The van der Waals surface area contributed by atoms with Crippen LogP contribution in [0.3, 0.4) is 0 Å². The average molecular weight is 810 g/mol. The second kappa shape index (κ2) is 17.3. The highest BCUT2D eigenvalue weighted by Gasteiger charge is 2.45. The number of benzene rings is 3. The van der Waals surface area contributed by atoms with Gasteiger partial charge < -0.3 is 29.9 Å². The number of ether oxygens (including phenoxy) is 2. The molecule has 3 aromatic rings. The molecule has 3 aromatic carbocycles. The van der Waals surface area contributed by atoms with Gasteiger partial charge in [-0.05, 0) is 61.4 Å². The molecule has 2 fully saturated rings. The monoisotopic (exact) mass is 809 g/mol. The Morgan fingerprint density at radius 1 is 0.930 bits per heavy atom. The maximum atomic E-state index is 14.3. The van der Waals surface area contributed by atoms with Crippen LogP contribution in [0.1, 0.15) is 52.0 Å². The SMILES string of the molecule is O=C1CCC(N2C(=O)c3cccc(NCCOCCOCCC(=O)N4CC[C@H](N=C5Nc6cc(F)ccc6N(CC(F)F)c6ccc(Cl)cc65)C4)c3C2=O)C(=O)N1. The second-order valence-electron chi connectivity index (χ2n) is 13.8. The number of hydrogen-bond donors (Lipinski definition) is 3. The molecule has 57 heavy (non-hydrogen) atoms. The molecule has 300 valence electrons. The van der Waals surface area contributed by atoms with Gasteiger partial charge in [-0.2, -0.15) is 0 Å². The third-order valence-corrected chi connectivity index (χ3v) is 10.3. The van der Waals surface area contributed by atoms with E-state index >= 15 is 0 Å². The number of carbonyl (C=O) groups excluding carboxylic acids is 5. The van der Waals surface area contributed by atoms with E-state index in [-0.39, 0.29) is 74.5 Å². The van der Waals surface area contributed by atoms with Crippen molar-refractivity contribution in [1.82, 2.24) is 15.1 Å². The molecule has 0 bridgehead atoms. The number of hydrogen-bond acceptors (Lipinski definition) is 10. The standard InChI is InChI=1S/C39H39ClF3N7O7/c40-22-4-6-29-26(18-22)36(46-28-19-23(41)5-7-30(28)49(29)21-32(42)43)45-24-10-13-48(20-24)34(52)11-14-56-16-17-57-15-12-44-27-3-1-2-25-35(27)39(55)50(38(25)54)31-8-9-33(51)47-37(31)53/h1-7,18-19,24,31-32,44H,8-17,20-21H2,(H,45,46)(H,47,51,53)/t24-,31?/m0/s1.